The first kappa shape index (κ1) is 14.3. The summed E-state index contributed by atoms with van der Waals surface area (Å²) in [6.07, 6.45) is 0. The average Bonchev–Trinajstić information content (AvgIpc) is 2.45. The Balaban J connectivity index is 2.14. The molecule has 2 N–H and O–H groups in total. The summed E-state index contributed by atoms with van der Waals surface area (Å²) in [6.45, 7) is 4.03. The Hall–Kier alpha value is -2.14. The molecule has 5 heteroatoms. The van der Waals surface area contributed by atoms with Gasteiger partial charge in [-0.1, -0.05) is 18.2 Å². The molecule has 1 aromatic carbocycles. The molecule has 0 aliphatic carbocycles. The van der Waals surface area contributed by atoms with Crippen molar-refractivity contribution in [2.24, 2.45) is 5.73 Å². The third-order valence-corrected chi connectivity index (χ3v) is 2.83. The van der Waals surface area contributed by atoms with Crippen molar-refractivity contribution in [2.75, 3.05) is 13.2 Å². The Morgan fingerprint density at radius 2 is 2.15 bits per heavy atom. The third kappa shape index (κ3) is 3.24. The fourth-order valence-electron chi connectivity index (χ4n) is 1.83. The average molecular weight is 274 g/mol. The van der Waals surface area contributed by atoms with E-state index in [9.17, 15) is 4.79 Å². The van der Waals surface area contributed by atoms with E-state index >= 15 is 0 Å². The summed E-state index contributed by atoms with van der Waals surface area (Å²) in [5.41, 5.74) is 7.38. The van der Waals surface area contributed by atoms with Crippen molar-refractivity contribution in [3.05, 3.63) is 36.0 Å². The van der Waals surface area contributed by atoms with Crippen LogP contribution in [-0.2, 0) is 9.53 Å². The van der Waals surface area contributed by atoms with Crippen LogP contribution in [0.3, 0.4) is 0 Å². The number of carbonyl (C=O) groups excluding carboxylic acids is 1. The highest BCUT2D eigenvalue weighted by Gasteiger charge is 2.16. The largest absolute Gasteiger partial charge is 0.489 e. The maximum atomic E-state index is 11.4. The molecule has 106 valence electrons. The van der Waals surface area contributed by atoms with Gasteiger partial charge in [-0.15, -0.1) is 0 Å². The number of ether oxygens (including phenoxy) is 2. The van der Waals surface area contributed by atoms with Crippen LogP contribution in [0.4, 0.5) is 0 Å². The molecular formula is C15H18N2O3. The first-order valence-corrected chi connectivity index (χ1v) is 6.53. The topological polar surface area (TPSA) is 74.4 Å². The predicted octanol–water partition coefficient (Wildman–Crippen LogP) is 1.81. The Bertz CT molecular complexity index is 613. The van der Waals surface area contributed by atoms with Crippen molar-refractivity contribution in [3.63, 3.8) is 0 Å². The molecule has 1 atom stereocenters. The zero-order chi connectivity index (χ0) is 14.5. The molecule has 1 unspecified atom stereocenters. The zero-order valence-corrected chi connectivity index (χ0v) is 11.6. The summed E-state index contributed by atoms with van der Waals surface area (Å²) >= 11 is 0. The monoisotopic (exact) mass is 274 g/mol. The number of hydrogen-bond acceptors (Lipinski definition) is 5. The number of benzene rings is 1. The molecule has 0 saturated carbocycles. The van der Waals surface area contributed by atoms with Crippen molar-refractivity contribution < 1.29 is 14.3 Å². The molecule has 20 heavy (non-hydrogen) atoms. The second kappa shape index (κ2) is 6.34. The number of hydrogen-bond donors (Lipinski definition) is 1. The Morgan fingerprint density at radius 1 is 1.35 bits per heavy atom. The normalized spacial score (nSPS) is 12.2. The van der Waals surface area contributed by atoms with Crippen molar-refractivity contribution in [1.29, 1.82) is 0 Å². The van der Waals surface area contributed by atoms with Gasteiger partial charge < -0.3 is 15.2 Å². The fourth-order valence-corrected chi connectivity index (χ4v) is 1.83. The molecule has 0 radical (unpaired) electrons. The van der Waals surface area contributed by atoms with Crippen LogP contribution in [0.5, 0.6) is 5.75 Å². The fraction of sp³-hybridized carbons (Fsp3) is 0.333. The summed E-state index contributed by atoms with van der Waals surface area (Å²) in [6, 6.07) is 8.78. The van der Waals surface area contributed by atoms with Gasteiger partial charge in [-0.25, -0.2) is 4.98 Å². The predicted molar refractivity (Wildman–Crippen MR) is 76.6 cm³/mol. The summed E-state index contributed by atoms with van der Waals surface area (Å²) < 4.78 is 10.5. The third-order valence-electron chi connectivity index (χ3n) is 2.83. The van der Waals surface area contributed by atoms with Crippen LogP contribution in [-0.4, -0.2) is 30.2 Å². The lowest BCUT2D eigenvalue weighted by molar-refractivity contribution is -0.145. The highest BCUT2D eigenvalue weighted by Crippen LogP contribution is 2.23. The van der Waals surface area contributed by atoms with Gasteiger partial charge in [0, 0.05) is 11.1 Å². The van der Waals surface area contributed by atoms with Crippen LogP contribution >= 0.6 is 0 Å². The van der Waals surface area contributed by atoms with E-state index in [1.165, 1.54) is 0 Å². The standard InChI is InChI=1S/C15H18N2O3/c1-3-19-15(18)12(16)9-20-13-6-4-5-11-8-7-10(2)17-14(11)13/h4-8,12H,3,9,16H2,1-2H3. The molecule has 2 aromatic rings. The van der Waals surface area contributed by atoms with Crippen LogP contribution < -0.4 is 10.5 Å². The van der Waals surface area contributed by atoms with Gasteiger partial charge in [0.05, 0.1) is 6.61 Å². The lowest BCUT2D eigenvalue weighted by Gasteiger charge is -2.13. The molecule has 0 spiro atoms. The van der Waals surface area contributed by atoms with E-state index in [1.54, 1.807) is 6.92 Å². The lowest BCUT2D eigenvalue weighted by atomic mass is 10.2. The number of rotatable bonds is 5. The van der Waals surface area contributed by atoms with Gasteiger partial charge >= 0.3 is 5.97 Å². The maximum Gasteiger partial charge on any atom is 0.326 e. The molecule has 5 nitrogen and oxygen atoms in total. The van der Waals surface area contributed by atoms with Crippen molar-refractivity contribution >= 4 is 16.9 Å². The van der Waals surface area contributed by atoms with Crippen molar-refractivity contribution in [3.8, 4) is 5.75 Å². The van der Waals surface area contributed by atoms with Crippen LogP contribution in [0.2, 0.25) is 0 Å². The Labute approximate surface area is 117 Å². The number of carbonyl (C=O) groups is 1. The molecule has 0 aliphatic heterocycles. The first-order valence-electron chi connectivity index (χ1n) is 6.53. The number of aromatic nitrogens is 1. The molecule has 1 aromatic heterocycles. The Kier molecular flexibility index (Phi) is 4.53. The van der Waals surface area contributed by atoms with Crippen molar-refractivity contribution in [2.45, 2.75) is 19.9 Å². The zero-order valence-electron chi connectivity index (χ0n) is 11.6. The number of pyridine rings is 1. The van der Waals surface area contributed by atoms with E-state index in [1.807, 2.05) is 37.3 Å². The van der Waals surface area contributed by atoms with Crippen LogP contribution in [0.15, 0.2) is 30.3 Å². The summed E-state index contributed by atoms with van der Waals surface area (Å²) in [7, 11) is 0. The summed E-state index contributed by atoms with van der Waals surface area (Å²) in [5.74, 6) is 0.155. The van der Waals surface area contributed by atoms with E-state index in [0.29, 0.717) is 12.4 Å². The molecule has 1 heterocycles. The van der Waals surface area contributed by atoms with E-state index in [4.69, 9.17) is 15.2 Å². The van der Waals surface area contributed by atoms with E-state index in [-0.39, 0.29) is 6.61 Å². The molecule has 0 fully saturated rings. The van der Waals surface area contributed by atoms with Crippen molar-refractivity contribution in [1.82, 2.24) is 4.98 Å². The van der Waals surface area contributed by atoms with E-state index in [0.717, 1.165) is 16.6 Å². The molecule has 0 aliphatic rings. The van der Waals surface area contributed by atoms with E-state index < -0.39 is 12.0 Å². The summed E-state index contributed by atoms with van der Waals surface area (Å²) in [4.78, 5) is 15.9. The van der Waals surface area contributed by atoms with Gasteiger partial charge in [-0.3, -0.25) is 4.79 Å². The Morgan fingerprint density at radius 3 is 2.90 bits per heavy atom. The second-order valence-corrected chi connectivity index (χ2v) is 4.45. The van der Waals surface area contributed by atoms with Gasteiger partial charge in [0.15, 0.2) is 0 Å². The van der Waals surface area contributed by atoms with Crippen LogP contribution in [0.1, 0.15) is 12.6 Å². The van der Waals surface area contributed by atoms with Gasteiger partial charge in [0.1, 0.15) is 23.9 Å². The maximum absolute atomic E-state index is 11.4. The second-order valence-electron chi connectivity index (χ2n) is 4.45. The minimum absolute atomic E-state index is 0.0631. The molecule has 0 saturated heterocycles. The minimum Gasteiger partial charge on any atom is -0.489 e. The number of aryl methyl sites for hydroxylation is 1. The van der Waals surface area contributed by atoms with Crippen LogP contribution in [0.25, 0.3) is 10.9 Å². The van der Waals surface area contributed by atoms with Gasteiger partial charge in [-0.05, 0) is 26.0 Å². The SMILES string of the molecule is CCOC(=O)C(N)COc1cccc2ccc(C)nc12. The highest BCUT2D eigenvalue weighted by molar-refractivity contribution is 5.84. The van der Waals surface area contributed by atoms with Gasteiger partial charge in [0.2, 0.25) is 0 Å². The van der Waals surface area contributed by atoms with Gasteiger partial charge in [-0.2, -0.15) is 0 Å². The van der Waals surface area contributed by atoms with Crippen LogP contribution in [0, 0.1) is 6.92 Å². The number of para-hydroxylation sites is 1. The lowest BCUT2D eigenvalue weighted by Crippen LogP contribution is -2.37. The molecular weight excluding hydrogens is 256 g/mol. The number of fused-ring (bicyclic) bond motifs is 1. The minimum atomic E-state index is -0.796. The number of nitrogens with two attached hydrogens (primary N) is 1. The molecule has 0 amide bonds. The molecule has 2 rings (SSSR count). The molecule has 0 bridgehead atoms. The summed E-state index contributed by atoms with van der Waals surface area (Å²) in [5, 5.41) is 0.984. The smallest absolute Gasteiger partial charge is 0.326 e. The van der Waals surface area contributed by atoms with E-state index in [2.05, 4.69) is 4.98 Å². The number of nitrogens with zero attached hydrogens (tertiary/aromatic N) is 1. The first-order chi connectivity index (χ1) is 9.61. The van der Waals surface area contributed by atoms with Gasteiger partial charge in [0.25, 0.3) is 0 Å². The number of esters is 1. The highest BCUT2D eigenvalue weighted by atomic mass is 16.5. The quantitative estimate of drug-likeness (QED) is 0.842.